The van der Waals surface area contributed by atoms with Gasteiger partial charge in [-0.25, -0.2) is 14.8 Å². The number of aromatic nitrogens is 3. The molecule has 2 heterocycles. The van der Waals surface area contributed by atoms with Crippen molar-refractivity contribution in [3.8, 4) is 0 Å². The molecule has 2 N–H and O–H groups in total. The van der Waals surface area contributed by atoms with E-state index in [1.165, 1.54) is 0 Å². The molecule has 1 amide bonds. The van der Waals surface area contributed by atoms with Gasteiger partial charge < -0.3 is 14.9 Å². The minimum Gasteiger partial charge on any atom is -0.476 e. The van der Waals surface area contributed by atoms with E-state index in [0.717, 1.165) is 29.4 Å². The van der Waals surface area contributed by atoms with Gasteiger partial charge in [0, 0.05) is 18.5 Å². The number of hydrogen-bond donors (Lipinski definition) is 2. The highest BCUT2D eigenvalue weighted by atomic mass is 16.5. The quantitative estimate of drug-likeness (QED) is 0.823. The molecule has 0 aromatic carbocycles. The third-order valence-electron chi connectivity index (χ3n) is 3.14. The summed E-state index contributed by atoms with van der Waals surface area (Å²) in [6.45, 7) is 4.18. The molecule has 0 atom stereocenters. The monoisotopic (exact) mass is 304 g/mol. The van der Waals surface area contributed by atoms with Gasteiger partial charge in [-0.15, -0.1) is 0 Å². The number of carboxylic acids is 1. The van der Waals surface area contributed by atoms with Gasteiger partial charge in [-0.1, -0.05) is 19.0 Å². The minimum absolute atomic E-state index is 0.0533. The van der Waals surface area contributed by atoms with E-state index in [1.807, 2.05) is 13.8 Å². The summed E-state index contributed by atoms with van der Waals surface area (Å²) in [5.74, 6) is -0.886. The lowest BCUT2D eigenvalue weighted by Crippen LogP contribution is -2.25. The third kappa shape index (κ3) is 3.27. The Morgan fingerprint density at radius 2 is 1.86 bits per heavy atom. The SMILES string of the molecule is CCc1noc(CC)c1CNC(=O)c1cnc(C(=O)O)cn1. The lowest BCUT2D eigenvalue weighted by atomic mass is 10.1. The average Bonchev–Trinajstić information content (AvgIpc) is 2.94. The fourth-order valence-electron chi connectivity index (χ4n) is 1.95. The number of carbonyl (C=O) groups is 2. The first-order valence-electron chi connectivity index (χ1n) is 6.86. The van der Waals surface area contributed by atoms with Crippen molar-refractivity contribution in [2.45, 2.75) is 33.2 Å². The second-order valence-electron chi connectivity index (χ2n) is 4.51. The van der Waals surface area contributed by atoms with Crippen molar-refractivity contribution in [1.82, 2.24) is 20.4 Å². The van der Waals surface area contributed by atoms with E-state index in [9.17, 15) is 9.59 Å². The standard InChI is InChI=1S/C14H16N4O4/c1-3-9-8(12(4-2)22-18-9)5-17-13(19)10-6-16-11(7-15-10)14(20)21/h6-7H,3-5H2,1-2H3,(H,17,19)(H,20,21). The number of nitrogens with zero attached hydrogens (tertiary/aromatic N) is 3. The van der Waals surface area contributed by atoms with Gasteiger partial charge in [-0.05, 0) is 6.42 Å². The smallest absolute Gasteiger partial charge is 0.356 e. The minimum atomic E-state index is -1.19. The van der Waals surface area contributed by atoms with E-state index in [0.29, 0.717) is 12.8 Å². The van der Waals surface area contributed by atoms with Crippen LogP contribution >= 0.6 is 0 Å². The average molecular weight is 304 g/mol. The van der Waals surface area contributed by atoms with E-state index in [2.05, 4.69) is 20.4 Å². The van der Waals surface area contributed by atoms with Gasteiger partial charge in [0.2, 0.25) is 0 Å². The summed E-state index contributed by atoms with van der Waals surface area (Å²) >= 11 is 0. The van der Waals surface area contributed by atoms with Crippen molar-refractivity contribution in [2.75, 3.05) is 0 Å². The van der Waals surface area contributed by atoms with Crippen LogP contribution in [0.5, 0.6) is 0 Å². The molecule has 0 saturated carbocycles. The molecule has 0 unspecified atom stereocenters. The Morgan fingerprint density at radius 3 is 2.41 bits per heavy atom. The van der Waals surface area contributed by atoms with Crippen LogP contribution in [-0.4, -0.2) is 32.1 Å². The Labute approximate surface area is 126 Å². The highest BCUT2D eigenvalue weighted by Crippen LogP contribution is 2.15. The first-order valence-corrected chi connectivity index (χ1v) is 6.86. The Hall–Kier alpha value is -2.77. The van der Waals surface area contributed by atoms with E-state index in [-0.39, 0.29) is 17.9 Å². The molecule has 22 heavy (non-hydrogen) atoms. The Morgan fingerprint density at radius 1 is 1.18 bits per heavy atom. The molecule has 0 radical (unpaired) electrons. The maximum atomic E-state index is 12.0. The highest BCUT2D eigenvalue weighted by Gasteiger charge is 2.16. The summed E-state index contributed by atoms with van der Waals surface area (Å²) < 4.78 is 5.22. The molecule has 0 spiro atoms. The second-order valence-corrected chi connectivity index (χ2v) is 4.51. The maximum Gasteiger partial charge on any atom is 0.356 e. The van der Waals surface area contributed by atoms with Gasteiger partial charge >= 0.3 is 5.97 Å². The molecule has 0 bridgehead atoms. The number of aromatic carboxylic acids is 1. The molecule has 2 aromatic rings. The lowest BCUT2D eigenvalue weighted by molar-refractivity contribution is 0.0689. The summed E-state index contributed by atoms with van der Waals surface area (Å²) in [6, 6.07) is 0. The normalized spacial score (nSPS) is 10.5. The number of amides is 1. The van der Waals surface area contributed by atoms with Crippen LogP contribution in [-0.2, 0) is 19.4 Å². The van der Waals surface area contributed by atoms with E-state index in [1.54, 1.807) is 0 Å². The summed E-state index contributed by atoms with van der Waals surface area (Å²) in [4.78, 5) is 30.1. The van der Waals surface area contributed by atoms with E-state index in [4.69, 9.17) is 9.63 Å². The van der Waals surface area contributed by atoms with Crippen LogP contribution in [0.4, 0.5) is 0 Å². The molecule has 0 aliphatic rings. The van der Waals surface area contributed by atoms with Gasteiger partial charge in [0.1, 0.15) is 11.5 Å². The molecular weight excluding hydrogens is 288 g/mol. The molecule has 0 aliphatic carbocycles. The van der Waals surface area contributed by atoms with Crippen molar-refractivity contribution in [3.63, 3.8) is 0 Å². The molecule has 0 saturated heterocycles. The summed E-state index contributed by atoms with van der Waals surface area (Å²) in [7, 11) is 0. The number of hydrogen-bond acceptors (Lipinski definition) is 6. The van der Waals surface area contributed by atoms with Crippen molar-refractivity contribution in [3.05, 3.63) is 40.8 Å². The fraction of sp³-hybridized carbons (Fsp3) is 0.357. The summed E-state index contributed by atoms with van der Waals surface area (Å²) in [5.41, 5.74) is 1.52. The Balaban J connectivity index is 2.06. The largest absolute Gasteiger partial charge is 0.476 e. The van der Waals surface area contributed by atoms with Gasteiger partial charge in [0.25, 0.3) is 5.91 Å². The first kappa shape index (κ1) is 15.6. The molecule has 8 heteroatoms. The molecule has 2 aromatic heterocycles. The molecule has 8 nitrogen and oxygen atoms in total. The Bertz CT molecular complexity index is 657. The van der Waals surface area contributed by atoms with Crippen LogP contribution in [0.1, 0.15) is 51.8 Å². The maximum absolute atomic E-state index is 12.0. The Kier molecular flexibility index (Phi) is 4.82. The van der Waals surface area contributed by atoms with Gasteiger partial charge in [-0.3, -0.25) is 4.79 Å². The molecule has 2 rings (SSSR count). The van der Waals surface area contributed by atoms with Gasteiger partial charge in [-0.2, -0.15) is 0 Å². The van der Waals surface area contributed by atoms with Crippen molar-refractivity contribution < 1.29 is 19.2 Å². The van der Waals surface area contributed by atoms with E-state index >= 15 is 0 Å². The number of carboxylic acid groups (broad SMARTS) is 1. The van der Waals surface area contributed by atoms with Crippen molar-refractivity contribution in [2.24, 2.45) is 0 Å². The fourth-order valence-corrected chi connectivity index (χ4v) is 1.95. The van der Waals surface area contributed by atoms with Gasteiger partial charge in [0.15, 0.2) is 5.69 Å². The van der Waals surface area contributed by atoms with E-state index < -0.39 is 11.9 Å². The molecular formula is C14H16N4O4. The zero-order chi connectivity index (χ0) is 16.1. The predicted molar refractivity (Wildman–Crippen MR) is 75.4 cm³/mol. The number of carbonyl (C=O) groups excluding carboxylic acids is 1. The zero-order valence-electron chi connectivity index (χ0n) is 12.3. The van der Waals surface area contributed by atoms with Crippen LogP contribution in [0.25, 0.3) is 0 Å². The zero-order valence-corrected chi connectivity index (χ0v) is 12.3. The summed E-state index contributed by atoms with van der Waals surface area (Å²) in [5, 5.41) is 15.4. The van der Waals surface area contributed by atoms with Crippen molar-refractivity contribution >= 4 is 11.9 Å². The number of aryl methyl sites for hydroxylation is 2. The number of nitrogens with one attached hydrogen (secondary N) is 1. The second kappa shape index (κ2) is 6.79. The van der Waals surface area contributed by atoms with Crippen LogP contribution in [0, 0.1) is 0 Å². The lowest BCUT2D eigenvalue weighted by Gasteiger charge is -2.05. The molecule has 0 fully saturated rings. The number of rotatable bonds is 6. The first-order chi connectivity index (χ1) is 10.6. The van der Waals surface area contributed by atoms with Gasteiger partial charge in [0.05, 0.1) is 18.1 Å². The third-order valence-corrected chi connectivity index (χ3v) is 3.14. The van der Waals surface area contributed by atoms with Crippen LogP contribution in [0.15, 0.2) is 16.9 Å². The van der Waals surface area contributed by atoms with Crippen molar-refractivity contribution in [1.29, 1.82) is 0 Å². The van der Waals surface area contributed by atoms with Crippen LogP contribution < -0.4 is 5.32 Å². The van der Waals surface area contributed by atoms with Crippen LogP contribution in [0.2, 0.25) is 0 Å². The predicted octanol–water partition coefficient (Wildman–Crippen LogP) is 1.22. The highest BCUT2D eigenvalue weighted by molar-refractivity contribution is 5.92. The molecule has 116 valence electrons. The van der Waals surface area contributed by atoms with Crippen LogP contribution in [0.3, 0.4) is 0 Å². The topological polar surface area (TPSA) is 118 Å². The molecule has 0 aliphatic heterocycles. The summed E-state index contributed by atoms with van der Waals surface area (Å²) in [6.07, 6.45) is 3.58.